The first-order valence-electron chi connectivity index (χ1n) is 4.13. The monoisotopic (exact) mass is 233 g/mol. The summed E-state index contributed by atoms with van der Waals surface area (Å²) in [6.07, 6.45) is 3.46. The molecule has 0 radical (unpaired) electrons. The Morgan fingerprint density at radius 2 is 2.57 bits per heavy atom. The van der Waals surface area contributed by atoms with E-state index >= 15 is 0 Å². The first-order valence-corrected chi connectivity index (χ1v) is 5.91. The molecule has 0 aromatic carbocycles. The minimum absolute atomic E-state index is 0.0315. The SMILES string of the molecule is CSC[C@@H](C)C(=O)Nc1cn[nH]c1Cl. The molecule has 0 aliphatic carbocycles. The zero-order valence-electron chi connectivity index (χ0n) is 8.00. The summed E-state index contributed by atoms with van der Waals surface area (Å²) in [4.78, 5) is 11.5. The molecule has 0 spiro atoms. The van der Waals surface area contributed by atoms with Gasteiger partial charge in [-0.3, -0.25) is 9.89 Å². The molecule has 0 unspecified atom stereocenters. The lowest BCUT2D eigenvalue weighted by molar-refractivity contribution is -0.118. The number of hydrogen-bond donors (Lipinski definition) is 2. The van der Waals surface area contributed by atoms with E-state index < -0.39 is 0 Å². The normalized spacial score (nSPS) is 12.5. The predicted molar refractivity (Wildman–Crippen MR) is 59.8 cm³/mol. The average Bonchev–Trinajstić information content (AvgIpc) is 2.52. The highest BCUT2D eigenvalue weighted by Crippen LogP contribution is 2.18. The highest BCUT2D eigenvalue weighted by Gasteiger charge is 2.14. The number of anilines is 1. The summed E-state index contributed by atoms with van der Waals surface area (Å²) in [5.74, 6) is 0.722. The van der Waals surface area contributed by atoms with Crippen LogP contribution in [0.25, 0.3) is 0 Å². The van der Waals surface area contributed by atoms with Gasteiger partial charge in [0, 0.05) is 11.7 Å². The molecule has 6 heteroatoms. The van der Waals surface area contributed by atoms with Crippen molar-refractivity contribution in [3.63, 3.8) is 0 Å². The number of rotatable bonds is 4. The third-order valence-corrected chi connectivity index (χ3v) is 2.84. The van der Waals surface area contributed by atoms with Crippen LogP contribution in [-0.4, -0.2) is 28.1 Å². The number of carbonyl (C=O) groups is 1. The van der Waals surface area contributed by atoms with Gasteiger partial charge in [-0.1, -0.05) is 18.5 Å². The van der Waals surface area contributed by atoms with Crippen molar-refractivity contribution in [2.24, 2.45) is 5.92 Å². The van der Waals surface area contributed by atoms with Crippen molar-refractivity contribution in [1.82, 2.24) is 10.2 Å². The summed E-state index contributed by atoms with van der Waals surface area (Å²) in [5.41, 5.74) is 0.532. The molecule has 1 atom stereocenters. The van der Waals surface area contributed by atoms with Gasteiger partial charge in [-0.25, -0.2) is 0 Å². The Labute approximate surface area is 91.8 Å². The molecule has 4 nitrogen and oxygen atoms in total. The van der Waals surface area contributed by atoms with Crippen molar-refractivity contribution in [2.45, 2.75) is 6.92 Å². The van der Waals surface area contributed by atoms with Crippen LogP contribution in [0.1, 0.15) is 6.92 Å². The van der Waals surface area contributed by atoms with Crippen molar-refractivity contribution in [1.29, 1.82) is 0 Å². The summed E-state index contributed by atoms with van der Waals surface area (Å²) in [6.45, 7) is 1.87. The molecule has 1 rings (SSSR count). The maximum Gasteiger partial charge on any atom is 0.228 e. The molecule has 0 saturated carbocycles. The third kappa shape index (κ3) is 2.92. The first kappa shape index (κ1) is 11.4. The van der Waals surface area contributed by atoms with Crippen LogP contribution in [0, 0.1) is 5.92 Å². The van der Waals surface area contributed by atoms with Gasteiger partial charge in [0.25, 0.3) is 0 Å². The number of H-pyrrole nitrogens is 1. The van der Waals surface area contributed by atoms with Crippen molar-refractivity contribution >= 4 is 35.0 Å². The number of aromatic amines is 1. The van der Waals surface area contributed by atoms with Crippen molar-refractivity contribution in [3.8, 4) is 0 Å². The van der Waals surface area contributed by atoms with Gasteiger partial charge in [-0.2, -0.15) is 16.9 Å². The van der Waals surface area contributed by atoms with Crippen LogP contribution >= 0.6 is 23.4 Å². The average molecular weight is 234 g/mol. The molecule has 0 saturated heterocycles. The number of aromatic nitrogens is 2. The minimum Gasteiger partial charge on any atom is -0.322 e. The maximum atomic E-state index is 11.5. The Morgan fingerprint density at radius 1 is 1.86 bits per heavy atom. The van der Waals surface area contributed by atoms with Gasteiger partial charge in [-0.05, 0) is 6.26 Å². The zero-order valence-corrected chi connectivity index (χ0v) is 9.58. The van der Waals surface area contributed by atoms with E-state index in [1.54, 1.807) is 11.8 Å². The van der Waals surface area contributed by atoms with Crippen molar-refractivity contribution in [2.75, 3.05) is 17.3 Å². The van der Waals surface area contributed by atoms with E-state index in [0.29, 0.717) is 10.8 Å². The molecule has 0 aliphatic heterocycles. The van der Waals surface area contributed by atoms with E-state index in [2.05, 4.69) is 15.5 Å². The number of carbonyl (C=O) groups excluding carboxylic acids is 1. The van der Waals surface area contributed by atoms with Gasteiger partial charge in [0.2, 0.25) is 5.91 Å². The molecule has 2 N–H and O–H groups in total. The van der Waals surface area contributed by atoms with Gasteiger partial charge >= 0.3 is 0 Å². The fourth-order valence-corrected chi connectivity index (χ4v) is 1.74. The van der Waals surface area contributed by atoms with Crippen LogP contribution in [0.5, 0.6) is 0 Å². The quantitative estimate of drug-likeness (QED) is 0.837. The lowest BCUT2D eigenvalue weighted by atomic mass is 10.2. The first-order chi connectivity index (χ1) is 6.65. The number of nitrogens with one attached hydrogen (secondary N) is 2. The van der Waals surface area contributed by atoms with Gasteiger partial charge in [0.05, 0.1) is 11.9 Å². The third-order valence-electron chi connectivity index (χ3n) is 1.71. The zero-order chi connectivity index (χ0) is 10.6. The molecule has 1 aromatic rings. The summed E-state index contributed by atoms with van der Waals surface area (Å²) in [7, 11) is 0. The molecule has 0 fully saturated rings. The Balaban J connectivity index is 2.53. The number of hydrogen-bond acceptors (Lipinski definition) is 3. The Morgan fingerprint density at radius 3 is 3.07 bits per heavy atom. The predicted octanol–water partition coefficient (Wildman–Crippen LogP) is 2.00. The van der Waals surface area contributed by atoms with Crippen LogP contribution in [0.4, 0.5) is 5.69 Å². The van der Waals surface area contributed by atoms with E-state index in [1.165, 1.54) is 6.20 Å². The second-order valence-corrected chi connectivity index (χ2v) is 4.23. The number of thioether (sulfide) groups is 1. The molecular weight excluding hydrogens is 222 g/mol. The number of nitrogens with zero attached hydrogens (tertiary/aromatic N) is 1. The number of halogens is 1. The highest BCUT2D eigenvalue weighted by atomic mass is 35.5. The summed E-state index contributed by atoms with van der Waals surface area (Å²) in [6, 6.07) is 0. The van der Waals surface area contributed by atoms with E-state index in [9.17, 15) is 4.79 Å². The molecule has 78 valence electrons. The fraction of sp³-hybridized carbons (Fsp3) is 0.500. The van der Waals surface area contributed by atoms with Crippen LogP contribution in [0.2, 0.25) is 5.15 Å². The molecule has 0 bridgehead atoms. The van der Waals surface area contributed by atoms with Gasteiger partial charge in [-0.15, -0.1) is 0 Å². The van der Waals surface area contributed by atoms with Crippen molar-refractivity contribution in [3.05, 3.63) is 11.3 Å². The number of amides is 1. The van der Waals surface area contributed by atoms with Crippen LogP contribution in [-0.2, 0) is 4.79 Å². The van der Waals surface area contributed by atoms with E-state index in [-0.39, 0.29) is 11.8 Å². The van der Waals surface area contributed by atoms with Gasteiger partial charge < -0.3 is 5.32 Å². The van der Waals surface area contributed by atoms with Crippen LogP contribution < -0.4 is 5.32 Å². The van der Waals surface area contributed by atoms with Crippen LogP contribution in [0.3, 0.4) is 0 Å². The Hall–Kier alpha value is -0.680. The topological polar surface area (TPSA) is 57.8 Å². The summed E-state index contributed by atoms with van der Waals surface area (Å²) >= 11 is 7.37. The molecule has 0 aliphatic rings. The minimum atomic E-state index is -0.0392. The lowest BCUT2D eigenvalue weighted by Gasteiger charge is -2.09. The second-order valence-electron chi connectivity index (χ2n) is 2.94. The standard InChI is InChI=1S/C8H12ClN3OS/c1-5(4-14-2)8(13)11-6-3-10-12-7(6)9/h3,5H,4H2,1-2H3,(H,10,12)(H,11,13)/t5-/m1/s1. The molecule has 1 amide bonds. The molecule has 14 heavy (non-hydrogen) atoms. The smallest absolute Gasteiger partial charge is 0.228 e. The fourth-order valence-electron chi connectivity index (χ4n) is 0.939. The highest BCUT2D eigenvalue weighted by molar-refractivity contribution is 7.98. The van der Waals surface area contributed by atoms with E-state index in [0.717, 1.165) is 5.75 Å². The second kappa shape index (κ2) is 5.26. The van der Waals surface area contributed by atoms with E-state index in [1.807, 2.05) is 13.2 Å². The van der Waals surface area contributed by atoms with Gasteiger partial charge in [0.15, 0.2) is 0 Å². The van der Waals surface area contributed by atoms with E-state index in [4.69, 9.17) is 11.6 Å². The Bertz CT molecular complexity index is 315. The van der Waals surface area contributed by atoms with Crippen molar-refractivity contribution < 1.29 is 4.79 Å². The molecule has 1 aromatic heterocycles. The van der Waals surface area contributed by atoms with Crippen LogP contribution in [0.15, 0.2) is 6.20 Å². The van der Waals surface area contributed by atoms with Gasteiger partial charge in [0.1, 0.15) is 5.15 Å². The summed E-state index contributed by atoms with van der Waals surface area (Å²) in [5, 5.41) is 9.30. The Kier molecular flexibility index (Phi) is 4.28. The lowest BCUT2D eigenvalue weighted by Crippen LogP contribution is -2.21. The molecular formula is C8H12ClN3OS. The molecule has 1 heterocycles. The largest absolute Gasteiger partial charge is 0.322 e. The maximum absolute atomic E-state index is 11.5. The summed E-state index contributed by atoms with van der Waals surface area (Å²) < 4.78 is 0.